The first-order valence-corrected chi connectivity index (χ1v) is 8.63. The summed E-state index contributed by atoms with van der Waals surface area (Å²) in [5.74, 6) is 0.130. The minimum atomic E-state index is -3.14. The Kier molecular flexibility index (Phi) is 5.19. The van der Waals surface area contributed by atoms with Crippen molar-refractivity contribution in [3.8, 4) is 0 Å². The van der Waals surface area contributed by atoms with Crippen molar-refractivity contribution in [2.24, 2.45) is 0 Å². The van der Waals surface area contributed by atoms with E-state index in [4.69, 9.17) is 4.74 Å². The Morgan fingerprint density at radius 1 is 1.16 bits per heavy atom. The molecule has 19 heavy (non-hydrogen) atoms. The van der Waals surface area contributed by atoms with Crippen LogP contribution in [0.2, 0.25) is 0 Å². The van der Waals surface area contributed by atoms with E-state index in [1.165, 1.54) is 4.31 Å². The third-order valence-electron chi connectivity index (χ3n) is 4.07. The molecule has 1 N–H and O–H groups in total. The van der Waals surface area contributed by atoms with Gasteiger partial charge in [-0.25, -0.2) is 12.7 Å². The standard InChI is InChI=1S/C12H24N2O4S/c1-2-19(16,17)14-5-3-11(12(15)4-6-14)13-7-9-18-10-8-13/h11-12,15H,2-10H2,1H3/t11-,12-/m0/s1. The van der Waals surface area contributed by atoms with E-state index in [2.05, 4.69) is 4.90 Å². The van der Waals surface area contributed by atoms with E-state index >= 15 is 0 Å². The van der Waals surface area contributed by atoms with Crippen LogP contribution in [0.15, 0.2) is 0 Å². The highest BCUT2D eigenvalue weighted by Gasteiger charge is 2.33. The van der Waals surface area contributed by atoms with Gasteiger partial charge in [0, 0.05) is 32.2 Å². The van der Waals surface area contributed by atoms with Crippen molar-refractivity contribution in [1.82, 2.24) is 9.21 Å². The van der Waals surface area contributed by atoms with Crippen molar-refractivity contribution in [2.75, 3.05) is 45.1 Å². The number of sulfonamides is 1. The fraction of sp³-hybridized carbons (Fsp3) is 1.00. The van der Waals surface area contributed by atoms with Gasteiger partial charge in [0.15, 0.2) is 0 Å². The summed E-state index contributed by atoms with van der Waals surface area (Å²) in [6.07, 6.45) is 0.761. The van der Waals surface area contributed by atoms with E-state index < -0.39 is 16.1 Å². The molecule has 0 aromatic rings. The van der Waals surface area contributed by atoms with Crippen molar-refractivity contribution in [3.05, 3.63) is 0 Å². The average Bonchev–Trinajstić information content (AvgIpc) is 2.62. The zero-order valence-electron chi connectivity index (χ0n) is 11.5. The van der Waals surface area contributed by atoms with Crippen LogP contribution in [0.25, 0.3) is 0 Å². The number of rotatable bonds is 3. The maximum atomic E-state index is 11.9. The van der Waals surface area contributed by atoms with Crippen LogP contribution in [0.4, 0.5) is 0 Å². The fourth-order valence-corrected chi connectivity index (χ4v) is 3.98. The second kappa shape index (κ2) is 6.49. The van der Waals surface area contributed by atoms with Gasteiger partial charge >= 0.3 is 0 Å². The Labute approximate surface area is 115 Å². The van der Waals surface area contributed by atoms with E-state index in [9.17, 15) is 13.5 Å². The first kappa shape index (κ1) is 15.2. The molecule has 6 nitrogen and oxygen atoms in total. The van der Waals surface area contributed by atoms with Gasteiger partial charge in [-0.05, 0) is 19.8 Å². The van der Waals surface area contributed by atoms with Crippen LogP contribution in [-0.4, -0.2) is 80.0 Å². The first-order valence-electron chi connectivity index (χ1n) is 7.02. The molecule has 112 valence electrons. The van der Waals surface area contributed by atoms with Gasteiger partial charge in [0.1, 0.15) is 0 Å². The topological polar surface area (TPSA) is 70.1 Å². The molecular weight excluding hydrogens is 268 g/mol. The molecule has 2 atom stereocenters. The largest absolute Gasteiger partial charge is 0.391 e. The van der Waals surface area contributed by atoms with Crippen molar-refractivity contribution >= 4 is 10.0 Å². The van der Waals surface area contributed by atoms with Crippen molar-refractivity contribution in [1.29, 1.82) is 0 Å². The van der Waals surface area contributed by atoms with Gasteiger partial charge in [-0.3, -0.25) is 4.90 Å². The Morgan fingerprint density at radius 3 is 2.42 bits per heavy atom. The van der Waals surface area contributed by atoms with Gasteiger partial charge < -0.3 is 9.84 Å². The lowest BCUT2D eigenvalue weighted by molar-refractivity contribution is -0.0222. The highest BCUT2D eigenvalue weighted by molar-refractivity contribution is 7.89. The number of morpholine rings is 1. The molecule has 2 aliphatic heterocycles. The van der Waals surface area contributed by atoms with Gasteiger partial charge in [-0.1, -0.05) is 0 Å². The smallest absolute Gasteiger partial charge is 0.213 e. The SMILES string of the molecule is CCS(=O)(=O)N1CC[C@H](O)[C@@H](N2CCOCC2)CC1. The average molecular weight is 292 g/mol. The van der Waals surface area contributed by atoms with Crippen molar-refractivity contribution < 1.29 is 18.3 Å². The fourth-order valence-electron chi connectivity index (χ4n) is 2.84. The summed E-state index contributed by atoms with van der Waals surface area (Å²) in [6, 6.07) is 0.0564. The molecule has 0 saturated carbocycles. The molecule has 0 aromatic carbocycles. The molecule has 0 spiro atoms. The van der Waals surface area contributed by atoms with Crippen LogP contribution in [0.1, 0.15) is 19.8 Å². The maximum absolute atomic E-state index is 11.9. The summed E-state index contributed by atoms with van der Waals surface area (Å²) >= 11 is 0. The predicted octanol–water partition coefficient (Wildman–Crippen LogP) is -0.506. The van der Waals surface area contributed by atoms with Gasteiger partial charge in [-0.15, -0.1) is 0 Å². The lowest BCUT2D eigenvalue weighted by atomic mass is 10.0. The summed E-state index contributed by atoms with van der Waals surface area (Å²) in [6.45, 7) is 5.63. The van der Waals surface area contributed by atoms with Crippen LogP contribution in [0.5, 0.6) is 0 Å². The Bertz CT molecular complexity index is 381. The lowest BCUT2D eigenvalue weighted by Crippen LogP contribution is -2.49. The third-order valence-corrected chi connectivity index (χ3v) is 5.95. The summed E-state index contributed by atoms with van der Waals surface area (Å²) in [4.78, 5) is 2.23. The molecule has 2 saturated heterocycles. The number of aliphatic hydroxyl groups excluding tert-OH is 1. The highest BCUT2D eigenvalue weighted by atomic mass is 32.2. The second-order valence-corrected chi connectivity index (χ2v) is 7.42. The Hall–Kier alpha value is -0.210. The van der Waals surface area contributed by atoms with Crippen LogP contribution < -0.4 is 0 Å². The summed E-state index contributed by atoms with van der Waals surface area (Å²) in [5.41, 5.74) is 0. The molecule has 2 aliphatic rings. The molecule has 2 fully saturated rings. The molecule has 7 heteroatoms. The quantitative estimate of drug-likeness (QED) is 0.759. The molecule has 0 aliphatic carbocycles. The van der Waals surface area contributed by atoms with Crippen LogP contribution in [0, 0.1) is 0 Å². The number of hydrogen-bond acceptors (Lipinski definition) is 5. The maximum Gasteiger partial charge on any atom is 0.213 e. The molecule has 2 heterocycles. The van der Waals surface area contributed by atoms with E-state index in [0.717, 1.165) is 13.1 Å². The minimum Gasteiger partial charge on any atom is -0.391 e. The summed E-state index contributed by atoms with van der Waals surface area (Å²) < 4.78 is 30.7. The zero-order chi connectivity index (χ0) is 13.9. The van der Waals surface area contributed by atoms with Crippen LogP contribution in [-0.2, 0) is 14.8 Å². The first-order chi connectivity index (χ1) is 9.04. The Morgan fingerprint density at radius 2 is 1.79 bits per heavy atom. The van der Waals surface area contributed by atoms with E-state index in [0.29, 0.717) is 39.1 Å². The van der Waals surface area contributed by atoms with Crippen LogP contribution >= 0.6 is 0 Å². The van der Waals surface area contributed by atoms with Crippen molar-refractivity contribution in [3.63, 3.8) is 0 Å². The van der Waals surface area contributed by atoms with Gasteiger partial charge in [-0.2, -0.15) is 0 Å². The zero-order valence-corrected chi connectivity index (χ0v) is 12.3. The number of ether oxygens (including phenoxy) is 1. The normalized spacial score (nSPS) is 32.1. The molecule has 0 aromatic heterocycles. The van der Waals surface area contributed by atoms with E-state index in [1.807, 2.05) is 0 Å². The summed E-state index contributed by atoms with van der Waals surface area (Å²) in [5, 5.41) is 10.3. The van der Waals surface area contributed by atoms with Crippen LogP contribution in [0.3, 0.4) is 0 Å². The monoisotopic (exact) mass is 292 g/mol. The number of nitrogens with zero attached hydrogens (tertiary/aromatic N) is 2. The molecule has 0 radical (unpaired) electrons. The van der Waals surface area contributed by atoms with Gasteiger partial charge in [0.25, 0.3) is 0 Å². The van der Waals surface area contributed by atoms with E-state index in [-0.39, 0.29) is 11.8 Å². The molecule has 0 bridgehead atoms. The number of hydrogen-bond donors (Lipinski definition) is 1. The minimum absolute atomic E-state index is 0.0564. The predicted molar refractivity (Wildman–Crippen MR) is 72.5 cm³/mol. The third kappa shape index (κ3) is 3.66. The highest BCUT2D eigenvalue weighted by Crippen LogP contribution is 2.20. The Balaban J connectivity index is 2.00. The summed E-state index contributed by atoms with van der Waals surface area (Å²) in [7, 11) is -3.14. The number of aliphatic hydroxyl groups is 1. The lowest BCUT2D eigenvalue weighted by Gasteiger charge is -2.36. The molecule has 2 rings (SSSR count). The van der Waals surface area contributed by atoms with Gasteiger partial charge in [0.2, 0.25) is 10.0 Å². The van der Waals surface area contributed by atoms with Gasteiger partial charge in [0.05, 0.1) is 25.1 Å². The molecular formula is C12H24N2O4S. The van der Waals surface area contributed by atoms with E-state index in [1.54, 1.807) is 6.92 Å². The molecule has 0 unspecified atom stereocenters. The van der Waals surface area contributed by atoms with Crippen molar-refractivity contribution in [2.45, 2.75) is 31.9 Å². The molecule has 0 amide bonds. The second-order valence-electron chi connectivity index (χ2n) is 5.16.